The smallest absolute Gasteiger partial charge is 0.308 e. The summed E-state index contributed by atoms with van der Waals surface area (Å²) in [5.41, 5.74) is 1.16. The van der Waals surface area contributed by atoms with Gasteiger partial charge < -0.3 is 56.8 Å². The Kier molecular flexibility index (Phi) is 35.6. The van der Waals surface area contributed by atoms with Gasteiger partial charge in [0.1, 0.15) is 6.61 Å². The average Bonchev–Trinajstić information content (AvgIpc) is 3.14. The van der Waals surface area contributed by atoms with Gasteiger partial charge in [0.25, 0.3) is 0 Å². The third-order valence-electron chi connectivity index (χ3n) is 7.04. The minimum absolute atomic E-state index is 0.00413. The molecular weight excluding hydrogens is 652 g/mol. The fraction of sp³-hybridized carbons (Fsp3) is 0.811. The van der Waals surface area contributed by atoms with E-state index in [0.29, 0.717) is 145 Å². The van der Waals surface area contributed by atoms with Crippen molar-refractivity contribution in [2.24, 2.45) is 5.92 Å². The first-order valence-corrected chi connectivity index (χ1v) is 18.3. The van der Waals surface area contributed by atoms with Crippen molar-refractivity contribution in [2.45, 2.75) is 46.1 Å². The Bertz CT molecular complexity index is 818. The first kappa shape index (κ1) is 46.3. The van der Waals surface area contributed by atoms with Crippen molar-refractivity contribution in [2.75, 3.05) is 145 Å². The van der Waals surface area contributed by atoms with Crippen LogP contribution < -0.4 is 0 Å². The Morgan fingerprint density at radius 1 is 0.460 bits per heavy atom. The highest BCUT2D eigenvalue weighted by atomic mass is 16.6. The molecule has 0 heterocycles. The number of esters is 1. The van der Waals surface area contributed by atoms with Gasteiger partial charge in [-0.25, -0.2) is 0 Å². The lowest BCUT2D eigenvalue weighted by atomic mass is 10.00. The van der Waals surface area contributed by atoms with Crippen LogP contribution >= 0.6 is 0 Å². The Balaban J connectivity index is 1.65. The zero-order valence-corrected chi connectivity index (χ0v) is 30.9. The molecule has 0 radical (unpaired) electrons. The number of ether oxygens (including phenoxy) is 12. The molecule has 0 spiro atoms. The maximum atomic E-state index is 12.0. The van der Waals surface area contributed by atoms with Crippen molar-refractivity contribution in [1.82, 2.24) is 0 Å². The Hall–Kier alpha value is -1.75. The second-order valence-corrected chi connectivity index (χ2v) is 11.1. The molecule has 0 amide bonds. The van der Waals surface area contributed by atoms with Crippen molar-refractivity contribution in [3.63, 3.8) is 0 Å². The van der Waals surface area contributed by atoms with Crippen LogP contribution in [0.4, 0.5) is 0 Å². The van der Waals surface area contributed by atoms with Gasteiger partial charge in [-0.15, -0.1) is 0 Å². The molecule has 0 aromatic heterocycles. The van der Waals surface area contributed by atoms with Crippen LogP contribution in [0.15, 0.2) is 30.3 Å². The molecule has 0 aliphatic heterocycles. The molecule has 0 aliphatic rings. The summed E-state index contributed by atoms with van der Waals surface area (Å²) in [6.07, 6.45) is 3.83. The summed E-state index contributed by atoms with van der Waals surface area (Å²) in [6, 6.07) is 10.1. The molecule has 0 N–H and O–H groups in total. The number of hydrogen-bond acceptors (Lipinski definition) is 13. The number of hydrogen-bond donors (Lipinski definition) is 0. The highest BCUT2D eigenvalue weighted by molar-refractivity contribution is 5.72. The molecule has 1 aromatic rings. The van der Waals surface area contributed by atoms with Gasteiger partial charge in [-0.1, -0.05) is 57.0 Å². The Labute approximate surface area is 300 Å². The average molecular weight is 719 g/mol. The summed E-state index contributed by atoms with van der Waals surface area (Å²) in [6.45, 7) is 15.5. The third kappa shape index (κ3) is 32.2. The van der Waals surface area contributed by atoms with E-state index in [2.05, 4.69) is 6.92 Å². The van der Waals surface area contributed by atoms with Crippen molar-refractivity contribution < 1.29 is 61.6 Å². The molecule has 1 atom stereocenters. The maximum Gasteiger partial charge on any atom is 0.308 e. The van der Waals surface area contributed by atoms with Crippen molar-refractivity contribution in [3.05, 3.63) is 35.9 Å². The van der Waals surface area contributed by atoms with E-state index in [-0.39, 0.29) is 18.5 Å². The number of rotatable bonds is 40. The summed E-state index contributed by atoms with van der Waals surface area (Å²) in [4.78, 5) is 12.0. The highest BCUT2D eigenvalue weighted by Gasteiger charge is 2.16. The van der Waals surface area contributed by atoms with E-state index in [1.54, 1.807) is 0 Å². The zero-order valence-electron chi connectivity index (χ0n) is 30.9. The fourth-order valence-electron chi connectivity index (χ4n) is 4.22. The van der Waals surface area contributed by atoms with Crippen LogP contribution in [0.2, 0.25) is 0 Å². The van der Waals surface area contributed by atoms with E-state index in [4.69, 9.17) is 56.8 Å². The second kappa shape index (κ2) is 38.5. The number of unbranched alkanes of at least 4 members (excludes halogenated alkanes) is 1. The van der Waals surface area contributed by atoms with E-state index >= 15 is 0 Å². The first-order chi connectivity index (χ1) is 24.8. The fourth-order valence-corrected chi connectivity index (χ4v) is 4.22. The van der Waals surface area contributed by atoms with Crippen LogP contribution in [0.1, 0.15) is 45.1 Å². The van der Waals surface area contributed by atoms with Crippen LogP contribution in [0, 0.1) is 5.92 Å². The zero-order chi connectivity index (χ0) is 35.8. The van der Waals surface area contributed by atoms with Gasteiger partial charge in [0.2, 0.25) is 0 Å². The van der Waals surface area contributed by atoms with Crippen molar-refractivity contribution in [1.29, 1.82) is 0 Å². The van der Waals surface area contributed by atoms with Gasteiger partial charge in [-0.2, -0.15) is 0 Å². The van der Waals surface area contributed by atoms with E-state index in [1.807, 2.05) is 37.3 Å². The van der Waals surface area contributed by atoms with Gasteiger partial charge >= 0.3 is 5.97 Å². The normalized spacial score (nSPS) is 12.0. The topological polar surface area (TPSA) is 128 Å². The lowest BCUT2D eigenvalue weighted by Crippen LogP contribution is -2.20. The summed E-state index contributed by atoms with van der Waals surface area (Å²) in [5, 5.41) is 0. The first-order valence-electron chi connectivity index (χ1n) is 18.3. The standard InChI is InChI=1S/C37H66O13/c1-3-5-11-36(4-2)37(38)50-33-32-48-29-28-46-25-24-44-21-20-42-17-16-40-13-12-39-14-15-41-18-19-43-22-23-45-26-27-47-30-31-49-34-35-9-7-6-8-10-35/h6-10,36H,3-5,11-34H2,1-2H3. The maximum absolute atomic E-state index is 12.0. The van der Waals surface area contributed by atoms with Crippen LogP contribution in [-0.2, 0) is 68.2 Å². The number of benzene rings is 1. The molecule has 0 saturated carbocycles. The Morgan fingerprint density at radius 2 is 0.780 bits per heavy atom. The molecule has 1 unspecified atom stereocenters. The van der Waals surface area contributed by atoms with Crippen molar-refractivity contribution in [3.8, 4) is 0 Å². The molecule has 13 nitrogen and oxygen atoms in total. The van der Waals surface area contributed by atoms with E-state index in [1.165, 1.54) is 0 Å². The van der Waals surface area contributed by atoms with Crippen LogP contribution in [0.25, 0.3) is 0 Å². The van der Waals surface area contributed by atoms with Crippen LogP contribution in [-0.4, -0.2) is 151 Å². The minimum Gasteiger partial charge on any atom is -0.463 e. The van der Waals surface area contributed by atoms with Gasteiger partial charge in [0, 0.05) is 0 Å². The quantitative estimate of drug-likeness (QED) is 0.0714. The van der Waals surface area contributed by atoms with E-state index < -0.39 is 0 Å². The molecule has 1 aromatic carbocycles. The molecule has 1 rings (SSSR count). The molecule has 0 fully saturated rings. The predicted octanol–water partition coefficient (Wildman–Crippen LogP) is 4.13. The summed E-state index contributed by atoms with van der Waals surface area (Å²) in [5.74, 6) is -0.124. The number of carbonyl (C=O) groups is 1. The third-order valence-corrected chi connectivity index (χ3v) is 7.04. The predicted molar refractivity (Wildman–Crippen MR) is 189 cm³/mol. The van der Waals surface area contributed by atoms with Crippen molar-refractivity contribution >= 4 is 5.97 Å². The van der Waals surface area contributed by atoms with Crippen LogP contribution in [0.3, 0.4) is 0 Å². The second-order valence-electron chi connectivity index (χ2n) is 11.1. The molecule has 50 heavy (non-hydrogen) atoms. The van der Waals surface area contributed by atoms with Gasteiger partial charge in [-0.3, -0.25) is 4.79 Å². The monoisotopic (exact) mass is 718 g/mol. The van der Waals surface area contributed by atoms with E-state index in [0.717, 1.165) is 31.2 Å². The van der Waals surface area contributed by atoms with E-state index in [9.17, 15) is 4.79 Å². The lowest BCUT2D eigenvalue weighted by Gasteiger charge is -2.13. The van der Waals surface area contributed by atoms with Crippen LogP contribution in [0.5, 0.6) is 0 Å². The summed E-state index contributed by atoms with van der Waals surface area (Å²) >= 11 is 0. The largest absolute Gasteiger partial charge is 0.463 e. The molecular formula is C37H66O13. The van der Waals surface area contributed by atoms with Gasteiger partial charge in [0.15, 0.2) is 0 Å². The summed E-state index contributed by atoms with van der Waals surface area (Å²) in [7, 11) is 0. The molecule has 0 bridgehead atoms. The van der Waals surface area contributed by atoms with Gasteiger partial charge in [-0.05, 0) is 18.4 Å². The lowest BCUT2D eigenvalue weighted by molar-refractivity contribution is -0.150. The molecule has 13 heteroatoms. The minimum atomic E-state index is -0.120. The molecule has 0 saturated heterocycles. The highest BCUT2D eigenvalue weighted by Crippen LogP contribution is 2.14. The molecule has 0 aliphatic carbocycles. The van der Waals surface area contributed by atoms with Gasteiger partial charge in [0.05, 0.1) is 151 Å². The Morgan fingerprint density at radius 3 is 1.10 bits per heavy atom. The SMILES string of the molecule is CCCCC(CC)C(=O)OCCOCCOCCOCCOCCOCCOCCOCCOCCOCCOCCOCc1ccccc1. The number of carbonyl (C=O) groups excluding carboxylic acids is 1. The summed E-state index contributed by atoms with van der Waals surface area (Å²) < 4.78 is 65.7. The molecule has 292 valence electrons.